The molecule has 1 unspecified atom stereocenters. The minimum absolute atomic E-state index is 0.224. The van der Waals surface area contributed by atoms with Crippen molar-refractivity contribution >= 4 is 5.97 Å². The molecule has 1 rings (SSSR count). The molecule has 0 aromatic heterocycles. The molecule has 0 saturated carbocycles. The summed E-state index contributed by atoms with van der Waals surface area (Å²) in [5.41, 5.74) is 0. The van der Waals surface area contributed by atoms with Gasteiger partial charge in [-0.15, -0.1) is 0 Å². The first kappa shape index (κ1) is 16.3. The molecule has 0 amide bonds. The Hall–Kier alpha value is -1.75. The Morgan fingerprint density at radius 3 is 2.55 bits per heavy atom. The lowest BCUT2D eigenvalue weighted by Gasteiger charge is -2.17. The quantitative estimate of drug-likeness (QED) is 0.702. The van der Waals surface area contributed by atoms with Crippen LogP contribution in [0, 0.1) is 0 Å². The fraction of sp³-hybridized carbons (Fsp3) is 0.533. The molecule has 1 aromatic carbocycles. The summed E-state index contributed by atoms with van der Waals surface area (Å²) in [6, 6.07) is 6.89. The van der Waals surface area contributed by atoms with Crippen LogP contribution < -0.4 is 14.8 Å². The van der Waals surface area contributed by atoms with E-state index in [1.165, 1.54) is 7.11 Å². The van der Waals surface area contributed by atoms with Crippen LogP contribution in [0.15, 0.2) is 24.3 Å². The van der Waals surface area contributed by atoms with Gasteiger partial charge in [-0.3, -0.25) is 4.79 Å². The van der Waals surface area contributed by atoms with E-state index in [0.717, 1.165) is 18.7 Å². The van der Waals surface area contributed by atoms with Gasteiger partial charge in [0.1, 0.15) is 24.1 Å². The number of hydrogen-bond acceptors (Lipinski definition) is 5. The smallest absolute Gasteiger partial charge is 0.326 e. The summed E-state index contributed by atoms with van der Waals surface area (Å²) >= 11 is 0. The lowest BCUT2D eigenvalue weighted by Crippen LogP contribution is -2.42. The number of methoxy groups -OCH3 is 1. The molecule has 0 bridgehead atoms. The lowest BCUT2D eigenvalue weighted by molar-refractivity contribution is -0.143. The predicted molar refractivity (Wildman–Crippen MR) is 77.2 cm³/mol. The van der Waals surface area contributed by atoms with Crippen LogP contribution in [0.5, 0.6) is 11.5 Å². The van der Waals surface area contributed by atoms with Crippen molar-refractivity contribution in [2.24, 2.45) is 0 Å². The molecule has 0 radical (unpaired) electrons. The van der Waals surface area contributed by atoms with Crippen LogP contribution in [0.3, 0.4) is 0 Å². The third-order valence-electron chi connectivity index (χ3n) is 2.66. The van der Waals surface area contributed by atoms with Crippen molar-refractivity contribution in [2.45, 2.75) is 26.3 Å². The van der Waals surface area contributed by atoms with Gasteiger partial charge in [0.2, 0.25) is 0 Å². The summed E-state index contributed by atoms with van der Waals surface area (Å²) in [7, 11) is 1.37. The van der Waals surface area contributed by atoms with Crippen molar-refractivity contribution in [1.82, 2.24) is 5.32 Å². The molecule has 1 N–H and O–H groups in total. The Labute approximate surface area is 120 Å². The van der Waals surface area contributed by atoms with E-state index in [2.05, 4.69) is 5.32 Å². The topological polar surface area (TPSA) is 56.8 Å². The van der Waals surface area contributed by atoms with Crippen molar-refractivity contribution in [3.8, 4) is 11.5 Å². The lowest BCUT2D eigenvalue weighted by atomic mass is 10.3. The first-order chi connectivity index (χ1) is 9.71. The van der Waals surface area contributed by atoms with E-state index in [4.69, 9.17) is 14.2 Å². The zero-order valence-corrected chi connectivity index (χ0v) is 12.3. The number of benzene rings is 1. The second kappa shape index (κ2) is 9.20. The Morgan fingerprint density at radius 2 is 1.95 bits per heavy atom. The average molecular weight is 281 g/mol. The molecule has 0 heterocycles. The van der Waals surface area contributed by atoms with Crippen LogP contribution >= 0.6 is 0 Å². The highest BCUT2D eigenvalue weighted by Crippen LogP contribution is 2.19. The summed E-state index contributed by atoms with van der Waals surface area (Å²) < 4.78 is 15.8. The molecule has 0 fully saturated rings. The van der Waals surface area contributed by atoms with Crippen molar-refractivity contribution in [3.63, 3.8) is 0 Å². The number of hydrogen-bond donors (Lipinski definition) is 1. The van der Waals surface area contributed by atoms with Crippen molar-refractivity contribution in [2.75, 3.05) is 26.9 Å². The predicted octanol–water partition coefficient (Wildman–Crippen LogP) is 2.01. The highest BCUT2D eigenvalue weighted by molar-refractivity contribution is 5.75. The average Bonchev–Trinajstić information content (AvgIpc) is 2.47. The first-order valence-electron chi connectivity index (χ1n) is 6.88. The zero-order chi connectivity index (χ0) is 14.8. The van der Waals surface area contributed by atoms with Gasteiger partial charge >= 0.3 is 5.97 Å². The van der Waals surface area contributed by atoms with Gasteiger partial charge in [0.25, 0.3) is 0 Å². The number of esters is 1. The largest absolute Gasteiger partial charge is 0.494 e. The number of nitrogens with one attached hydrogen (secondary N) is 1. The van der Waals surface area contributed by atoms with Crippen LogP contribution in [-0.2, 0) is 9.53 Å². The van der Waals surface area contributed by atoms with E-state index in [0.29, 0.717) is 12.4 Å². The Balaban J connectivity index is 2.57. The second-order valence-corrected chi connectivity index (χ2v) is 4.25. The van der Waals surface area contributed by atoms with Crippen LogP contribution in [-0.4, -0.2) is 38.9 Å². The van der Waals surface area contributed by atoms with E-state index in [-0.39, 0.29) is 12.6 Å². The van der Waals surface area contributed by atoms with Gasteiger partial charge in [-0.05, 0) is 32.0 Å². The van der Waals surface area contributed by atoms with Crippen LogP contribution in [0.25, 0.3) is 0 Å². The summed E-state index contributed by atoms with van der Waals surface area (Å²) in [4.78, 5) is 11.6. The van der Waals surface area contributed by atoms with Gasteiger partial charge in [-0.2, -0.15) is 0 Å². The molecule has 0 aliphatic carbocycles. The van der Waals surface area contributed by atoms with Gasteiger partial charge in [-0.25, -0.2) is 0 Å². The monoisotopic (exact) mass is 281 g/mol. The minimum Gasteiger partial charge on any atom is -0.494 e. The Bertz CT molecular complexity index is 409. The number of ether oxygens (including phenoxy) is 3. The molecule has 20 heavy (non-hydrogen) atoms. The maximum Gasteiger partial charge on any atom is 0.326 e. The summed E-state index contributed by atoms with van der Waals surface area (Å²) in [5.74, 6) is 1.10. The van der Waals surface area contributed by atoms with E-state index < -0.39 is 6.04 Å². The van der Waals surface area contributed by atoms with E-state index in [1.54, 1.807) is 6.07 Å². The SMILES string of the molecule is CCCNC(COc1cccc(OCC)c1)C(=O)OC. The maximum absolute atomic E-state index is 11.6. The summed E-state index contributed by atoms with van der Waals surface area (Å²) in [6.45, 7) is 5.53. The highest BCUT2D eigenvalue weighted by Gasteiger charge is 2.19. The van der Waals surface area contributed by atoms with E-state index >= 15 is 0 Å². The molecule has 0 spiro atoms. The van der Waals surface area contributed by atoms with Crippen molar-refractivity contribution in [3.05, 3.63) is 24.3 Å². The number of carbonyl (C=O) groups excluding carboxylic acids is 1. The van der Waals surface area contributed by atoms with Crippen molar-refractivity contribution in [1.29, 1.82) is 0 Å². The first-order valence-corrected chi connectivity index (χ1v) is 6.88. The number of rotatable bonds is 9. The molecule has 0 aliphatic rings. The maximum atomic E-state index is 11.6. The number of carbonyl (C=O) groups is 1. The molecule has 1 atom stereocenters. The van der Waals surface area contributed by atoms with Crippen LogP contribution in [0.4, 0.5) is 0 Å². The molecule has 1 aromatic rings. The Morgan fingerprint density at radius 1 is 1.25 bits per heavy atom. The zero-order valence-electron chi connectivity index (χ0n) is 12.3. The molecule has 112 valence electrons. The fourth-order valence-electron chi connectivity index (χ4n) is 1.67. The third kappa shape index (κ3) is 5.48. The van der Waals surface area contributed by atoms with Crippen molar-refractivity contribution < 1.29 is 19.0 Å². The Kier molecular flexibility index (Phi) is 7.50. The molecule has 5 heteroatoms. The van der Waals surface area contributed by atoms with Crippen LogP contribution in [0.2, 0.25) is 0 Å². The second-order valence-electron chi connectivity index (χ2n) is 4.25. The van der Waals surface area contributed by atoms with E-state index in [9.17, 15) is 4.79 Å². The van der Waals surface area contributed by atoms with E-state index in [1.807, 2.05) is 32.0 Å². The van der Waals surface area contributed by atoms with Gasteiger partial charge in [-0.1, -0.05) is 13.0 Å². The van der Waals surface area contributed by atoms with Crippen LogP contribution in [0.1, 0.15) is 20.3 Å². The fourth-order valence-corrected chi connectivity index (χ4v) is 1.67. The summed E-state index contributed by atoms with van der Waals surface area (Å²) in [5, 5.41) is 3.10. The van der Waals surface area contributed by atoms with Gasteiger partial charge in [0.15, 0.2) is 0 Å². The minimum atomic E-state index is -0.462. The summed E-state index contributed by atoms with van der Waals surface area (Å²) in [6.07, 6.45) is 0.938. The normalized spacial score (nSPS) is 11.8. The highest BCUT2D eigenvalue weighted by atomic mass is 16.5. The molecule has 5 nitrogen and oxygen atoms in total. The molecular weight excluding hydrogens is 258 g/mol. The van der Waals surface area contributed by atoms with Gasteiger partial charge in [0.05, 0.1) is 13.7 Å². The molecule has 0 saturated heterocycles. The van der Waals surface area contributed by atoms with Gasteiger partial charge < -0.3 is 19.5 Å². The third-order valence-corrected chi connectivity index (χ3v) is 2.66. The molecule has 0 aliphatic heterocycles. The standard InChI is InChI=1S/C15H23NO4/c1-4-9-16-14(15(17)18-3)11-20-13-8-6-7-12(10-13)19-5-2/h6-8,10,14,16H,4-5,9,11H2,1-3H3. The molecular formula is C15H23NO4. The van der Waals surface area contributed by atoms with Gasteiger partial charge in [0, 0.05) is 6.07 Å².